The second-order valence-electron chi connectivity index (χ2n) is 9.43. The van der Waals surface area contributed by atoms with Gasteiger partial charge in [-0.15, -0.1) is 0 Å². The van der Waals surface area contributed by atoms with Crippen LogP contribution in [0.3, 0.4) is 0 Å². The van der Waals surface area contributed by atoms with Gasteiger partial charge in [0, 0.05) is 42.2 Å². The molecule has 15 heteroatoms. The lowest BCUT2D eigenvalue weighted by molar-refractivity contribution is -0.192. The van der Waals surface area contributed by atoms with Crippen LogP contribution >= 0.6 is 11.6 Å². The molecule has 1 unspecified atom stereocenters. The maximum absolute atomic E-state index is 12.0. The van der Waals surface area contributed by atoms with Gasteiger partial charge in [-0.25, -0.2) is 19.4 Å². The summed E-state index contributed by atoms with van der Waals surface area (Å²) >= 11 is 6.72. The number of nitrogens with one attached hydrogen (secondary N) is 1. The summed E-state index contributed by atoms with van der Waals surface area (Å²) in [5.74, 6) is -1.33. The van der Waals surface area contributed by atoms with Gasteiger partial charge in [0.05, 0.1) is 30.3 Å². The van der Waals surface area contributed by atoms with Crippen LogP contribution in [0.15, 0.2) is 12.4 Å². The van der Waals surface area contributed by atoms with Gasteiger partial charge in [-0.05, 0) is 39.3 Å². The van der Waals surface area contributed by atoms with Crippen molar-refractivity contribution in [3.05, 3.63) is 39.8 Å². The molecule has 40 heavy (non-hydrogen) atoms. The third-order valence-electron chi connectivity index (χ3n) is 7.00. The highest BCUT2D eigenvalue weighted by Crippen LogP contribution is 2.44. The minimum absolute atomic E-state index is 0.0136. The van der Waals surface area contributed by atoms with Crippen molar-refractivity contribution in [3.8, 4) is 5.75 Å². The monoisotopic (exact) mass is 585 g/mol. The normalized spacial score (nSPS) is 15.6. The molecule has 0 bridgehead atoms. The molecule has 0 aliphatic carbocycles. The number of anilines is 1. The van der Waals surface area contributed by atoms with Gasteiger partial charge in [0.1, 0.15) is 17.9 Å². The molecule has 4 rings (SSSR count). The summed E-state index contributed by atoms with van der Waals surface area (Å²) in [6, 6.07) is 1.56. The zero-order valence-electron chi connectivity index (χ0n) is 22.8. The lowest BCUT2D eigenvalue weighted by Gasteiger charge is -2.43. The maximum Gasteiger partial charge on any atom is 0.490 e. The Bertz CT molecular complexity index is 1420. The number of halogens is 4. The number of ether oxygens (including phenoxy) is 1. The third kappa shape index (κ3) is 5.92. The van der Waals surface area contributed by atoms with E-state index < -0.39 is 12.1 Å². The Hall–Kier alpha value is -3.65. The minimum atomic E-state index is -5.08. The topological polar surface area (TPSA) is 148 Å². The molecule has 1 aliphatic heterocycles. The Kier molecular flexibility index (Phi) is 9.14. The predicted octanol–water partition coefficient (Wildman–Crippen LogP) is 3.46. The summed E-state index contributed by atoms with van der Waals surface area (Å²) in [4.78, 5) is 31.6. The Morgan fingerprint density at radius 1 is 1.25 bits per heavy atom. The average Bonchev–Trinajstić information content (AvgIpc) is 3.21. The first kappa shape index (κ1) is 30.9. The van der Waals surface area contributed by atoms with Gasteiger partial charge in [-0.1, -0.05) is 11.6 Å². The number of hydrogen-bond donors (Lipinski definition) is 3. The molecule has 0 spiro atoms. The van der Waals surface area contributed by atoms with E-state index in [1.807, 2.05) is 38.4 Å². The number of fused-ring (bicyclic) bond motifs is 1. The number of carboxylic acids is 1. The Morgan fingerprint density at radius 2 is 1.85 bits per heavy atom. The van der Waals surface area contributed by atoms with Crippen LogP contribution in [-0.2, 0) is 9.59 Å². The van der Waals surface area contributed by atoms with Crippen LogP contribution in [0.1, 0.15) is 48.2 Å². The van der Waals surface area contributed by atoms with Crippen molar-refractivity contribution < 1.29 is 32.6 Å². The molecule has 2 aromatic heterocycles. The van der Waals surface area contributed by atoms with E-state index in [1.54, 1.807) is 14.2 Å². The standard InChI is InChI=1S/C23H30ClN7O2.C2HF3O2/c1-11-17(24)7-16(13(3)31-22-19(12(2)29-31)21(25)27-10-28-22)20(33-6)18(11)15-8-30(9-15)14(4)23(32)26-5;3-2(4,5)1(6)7/h7,10,13-15H,8-9H2,1-6H3,(H,26,32)(H2,25,27,28);(H,6,7)/t13?,14-;/m1./s1. The largest absolute Gasteiger partial charge is 0.496 e. The summed E-state index contributed by atoms with van der Waals surface area (Å²) in [5.41, 5.74) is 10.5. The molecule has 1 amide bonds. The number of aliphatic carboxylic acids is 1. The summed E-state index contributed by atoms with van der Waals surface area (Å²) in [6.45, 7) is 9.38. The molecular weight excluding hydrogens is 555 g/mol. The van der Waals surface area contributed by atoms with E-state index in [2.05, 4.69) is 20.2 Å². The lowest BCUT2D eigenvalue weighted by Crippen LogP contribution is -2.54. The van der Waals surface area contributed by atoms with Crippen molar-refractivity contribution in [2.75, 3.05) is 33.0 Å². The smallest absolute Gasteiger partial charge is 0.490 e. The van der Waals surface area contributed by atoms with Gasteiger partial charge in [-0.2, -0.15) is 18.3 Å². The van der Waals surface area contributed by atoms with E-state index in [1.165, 1.54) is 6.33 Å². The molecule has 1 aliphatic rings. The SMILES string of the molecule is CNC(=O)[C@@H](C)N1CC(c2c(C)c(Cl)cc(C(C)n3nc(C)c4c(N)ncnc43)c2OC)C1.O=C(O)C(F)(F)F. The number of benzene rings is 1. The molecule has 3 aromatic rings. The number of amides is 1. The highest BCUT2D eigenvalue weighted by molar-refractivity contribution is 6.31. The average molecular weight is 586 g/mol. The van der Waals surface area contributed by atoms with Crippen LogP contribution in [0, 0.1) is 13.8 Å². The number of carbonyl (C=O) groups is 2. The number of nitrogen functional groups attached to an aromatic ring is 1. The number of nitrogens with two attached hydrogens (primary N) is 1. The molecule has 218 valence electrons. The van der Waals surface area contributed by atoms with Crippen molar-refractivity contribution in [2.24, 2.45) is 0 Å². The van der Waals surface area contributed by atoms with Crippen molar-refractivity contribution in [2.45, 2.75) is 51.9 Å². The first-order valence-corrected chi connectivity index (χ1v) is 12.6. The number of carbonyl (C=O) groups excluding carboxylic acids is 1. The van der Waals surface area contributed by atoms with E-state index in [-0.39, 0.29) is 23.9 Å². The number of nitrogens with zero attached hydrogens (tertiary/aromatic N) is 5. The molecule has 0 saturated carbocycles. The minimum Gasteiger partial charge on any atom is -0.496 e. The quantitative estimate of drug-likeness (QED) is 0.395. The van der Waals surface area contributed by atoms with E-state index in [0.29, 0.717) is 16.5 Å². The van der Waals surface area contributed by atoms with Gasteiger partial charge >= 0.3 is 12.1 Å². The van der Waals surface area contributed by atoms with E-state index in [4.69, 9.17) is 37.1 Å². The fourth-order valence-corrected chi connectivity index (χ4v) is 4.97. The number of aromatic nitrogens is 4. The van der Waals surface area contributed by atoms with Gasteiger partial charge in [0.2, 0.25) is 5.91 Å². The summed E-state index contributed by atoms with van der Waals surface area (Å²) in [7, 11) is 3.34. The van der Waals surface area contributed by atoms with Crippen LogP contribution in [0.5, 0.6) is 5.75 Å². The highest BCUT2D eigenvalue weighted by atomic mass is 35.5. The van der Waals surface area contributed by atoms with Gasteiger partial charge in [-0.3, -0.25) is 9.69 Å². The summed E-state index contributed by atoms with van der Waals surface area (Å²) in [6.07, 6.45) is -3.64. The Labute approximate surface area is 233 Å². The number of likely N-dealkylation sites (tertiary alicyclic amines) is 1. The fourth-order valence-electron chi connectivity index (χ4n) is 4.75. The summed E-state index contributed by atoms with van der Waals surface area (Å²) < 4.78 is 39.5. The number of likely N-dealkylation sites (N-methyl/N-ethyl adjacent to an activating group) is 1. The molecule has 1 saturated heterocycles. The number of methoxy groups -OCH3 is 1. The second-order valence-corrected chi connectivity index (χ2v) is 9.83. The molecule has 3 heterocycles. The first-order valence-electron chi connectivity index (χ1n) is 12.2. The van der Waals surface area contributed by atoms with Crippen molar-refractivity contribution in [1.82, 2.24) is 30.0 Å². The van der Waals surface area contributed by atoms with E-state index in [0.717, 1.165) is 46.6 Å². The Morgan fingerprint density at radius 3 is 2.38 bits per heavy atom. The zero-order valence-corrected chi connectivity index (χ0v) is 23.6. The van der Waals surface area contributed by atoms with Gasteiger partial charge in [0.15, 0.2) is 5.65 Å². The summed E-state index contributed by atoms with van der Waals surface area (Å²) in [5, 5.41) is 16.0. The highest BCUT2D eigenvalue weighted by Gasteiger charge is 2.39. The van der Waals surface area contributed by atoms with Crippen LogP contribution in [0.25, 0.3) is 11.0 Å². The lowest BCUT2D eigenvalue weighted by atomic mass is 9.84. The molecule has 2 atom stereocenters. The van der Waals surface area contributed by atoms with Crippen molar-refractivity contribution >= 4 is 40.3 Å². The van der Waals surface area contributed by atoms with E-state index in [9.17, 15) is 18.0 Å². The van der Waals surface area contributed by atoms with Crippen LogP contribution in [0.2, 0.25) is 5.02 Å². The van der Waals surface area contributed by atoms with Crippen LogP contribution in [0.4, 0.5) is 19.0 Å². The molecule has 1 fully saturated rings. The van der Waals surface area contributed by atoms with Crippen molar-refractivity contribution in [3.63, 3.8) is 0 Å². The van der Waals surface area contributed by atoms with Crippen LogP contribution < -0.4 is 15.8 Å². The number of carboxylic acid groups (broad SMARTS) is 1. The van der Waals surface area contributed by atoms with Crippen LogP contribution in [-0.4, -0.2) is 81.1 Å². The zero-order chi connectivity index (χ0) is 30.1. The van der Waals surface area contributed by atoms with E-state index >= 15 is 0 Å². The van der Waals surface area contributed by atoms with Crippen molar-refractivity contribution in [1.29, 1.82) is 0 Å². The number of alkyl halides is 3. The van der Waals surface area contributed by atoms with Gasteiger partial charge < -0.3 is 20.9 Å². The second kappa shape index (κ2) is 11.8. The molecule has 11 nitrogen and oxygen atoms in total. The molecule has 0 radical (unpaired) electrons. The molecular formula is C25H31ClF3N7O4. The van der Waals surface area contributed by atoms with Gasteiger partial charge in [0.25, 0.3) is 0 Å². The number of aryl methyl sites for hydroxylation is 1. The first-order chi connectivity index (χ1) is 18.6. The third-order valence-corrected chi connectivity index (χ3v) is 7.39. The number of hydrogen-bond acceptors (Lipinski definition) is 8. The Balaban J connectivity index is 0.000000559. The maximum atomic E-state index is 12.0. The molecule has 4 N–H and O–H groups in total. The number of rotatable bonds is 6. The fraction of sp³-hybridized carbons (Fsp3) is 0.480. The molecule has 1 aromatic carbocycles. The predicted molar refractivity (Wildman–Crippen MR) is 143 cm³/mol.